The molecule has 330 valence electrons. The van der Waals surface area contributed by atoms with Gasteiger partial charge < -0.3 is 39.9 Å². The van der Waals surface area contributed by atoms with E-state index < -0.39 is 30.3 Å². The molecular formula is C49H52N8O7. The second-order valence-electron chi connectivity index (χ2n) is 17.3. The summed E-state index contributed by atoms with van der Waals surface area (Å²) >= 11 is 0. The van der Waals surface area contributed by atoms with Gasteiger partial charge in [-0.25, -0.2) is 19.6 Å². The lowest BCUT2D eigenvalue weighted by Gasteiger charge is -2.30. The molecule has 2 aromatic heterocycles. The lowest BCUT2D eigenvalue weighted by molar-refractivity contribution is -0.136. The van der Waals surface area contributed by atoms with Gasteiger partial charge in [-0.15, -0.1) is 0 Å². The predicted molar refractivity (Wildman–Crippen MR) is 241 cm³/mol. The van der Waals surface area contributed by atoms with Crippen molar-refractivity contribution in [3.63, 3.8) is 0 Å². The number of nitrogens with zero attached hydrogens (tertiary/aromatic N) is 4. The molecule has 15 nitrogen and oxygen atoms in total. The average molecular weight is 865 g/mol. The Morgan fingerprint density at radius 3 is 2.06 bits per heavy atom. The number of nitrogens with one attached hydrogen (secondary N) is 4. The maximum atomic E-state index is 14.3. The number of ether oxygens (including phenoxy) is 2. The Balaban J connectivity index is 0.932. The third kappa shape index (κ3) is 8.53. The van der Waals surface area contributed by atoms with Gasteiger partial charge in [0.05, 0.1) is 42.0 Å². The molecule has 15 heteroatoms. The van der Waals surface area contributed by atoms with Crippen LogP contribution >= 0.6 is 0 Å². The van der Waals surface area contributed by atoms with Crippen LogP contribution in [-0.2, 0) is 19.1 Å². The molecule has 1 saturated carbocycles. The summed E-state index contributed by atoms with van der Waals surface area (Å²) in [7, 11) is 1.28. The maximum Gasteiger partial charge on any atom is 0.408 e. The number of hydrogen-bond donors (Lipinski definition) is 4. The van der Waals surface area contributed by atoms with Gasteiger partial charge in [-0.2, -0.15) is 0 Å². The van der Waals surface area contributed by atoms with Gasteiger partial charge in [0.25, 0.3) is 11.5 Å². The third-order valence-electron chi connectivity index (χ3n) is 12.9. The number of aromatic nitrogens is 4. The smallest absolute Gasteiger partial charge is 0.408 e. The zero-order chi connectivity index (χ0) is 44.5. The fourth-order valence-corrected chi connectivity index (χ4v) is 9.14. The highest BCUT2D eigenvalue weighted by Gasteiger charge is 2.39. The van der Waals surface area contributed by atoms with E-state index in [1.54, 1.807) is 22.1 Å². The first-order valence-electron chi connectivity index (χ1n) is 22.2. The van der Waals surface area contributed by atoms with Crippen LogP contribution in [0.2, 0.25) is 0 Å². The van der Waals surface area contributed by atoms with Crippen LogP contribution in [0, 0.1) is 5.92 Å². The van der Waals surface area contributed by atoms with Crippen LogP contribution in [0.1, 0.15) is 94.1 Å². The summed E-state index contributed by atoms with van der Waals surface area (Å²) in [6, 6.07) is 24.7. The van der Waals surface area contributed by atoms with Gasteiger partial charge in [-0.3, -0.25) is 14.4 Å². The van der Waals surface area contributed by atoms with Crippen LogP contribution in [0.15, 0.2) is 95.9 Å². The second kappa shape index (κ2) is 18.0. The Morgan fingerprint density at radius 1 is 0.719 bits per heavy atom. The van der Waals surface area contributed by atoms with E-state index in [1.807, 2.05) is 68.4 Å². The number of benzene rings is 4. The largest absolute Gasteiger partial charge is 0.453 e. The summed E-state index contributed by atoms with van der Waals surface area (Å²) in [5.74, 6) is 0.529. The molecule has 4 amide bonds. The molecule has 4 aromatic carbocycles. The van der Waals surface area contributed by atoms with Gasteiger partial charge in [0.1, 0.15) is 29.8 Å². The number of fused-ring (bicyclic) bond motifs is 2. The SMILES string of the molecule is COC(=O)N[C@@H](C(=O)N1CCC[C@@H]1c1ncc(-c2ccc3cc(-c4ccc5c(=O)[nH]c([C@@H]6CCCN6C(=O)[C@H](NC(=O)OC6CCC6)c6ccccc6)nc5c4)ccc3c2)[nH]1)C(C)C. The van der Waals surface area contributed by atoms with Crippen molar-refractivity contribution in [2.45, 2.75) is 89.1 Å². The number of likely N-dealkylation sites (tertiary alicyclic amines) is 2. The highest BCUT2D eigenvalue weighted by molar-refractivity contribution is 5.92. The Labute approximate surface area is 369 Å². The van der Waals surface area contributed by atoms with Crippen molar-refractivity contribution in [1.82, 2.24) is 40.4 Å². The summed E-state index contributed by atoms with van der Waals surface area (Å²) in [5.41, 5.74) is 4.48. The minimum atomic E-state index is -0.962. The maximum absolute atomic E-state index is 14.3. The molecule has 0 unspecified atom stereocenters. The fourth-order valence-electron chi connectivity index (χ4n) is 9.14. The molecule has 4 atom stereocenters. The van der Waals surface area contributed by atoms with Crippen LogP contribution in [-0.4, -0.2) is 86.1 Å². The number of rotatable bonds is 11. The number of H-pyrrole nitrogens is 2. The first kappa shape index (κ1) is 42.3. The number of amides is 4. The number of aromatic amines is 2. The van der Waals surface area contributed by atoms with Crippen molar-refractivity contribution < 1.29 is 28.7 Å². The van der Waals surface area contributed by atoms with E-state index in [-0.39, 0.29) is 35.4 Å². The fraction of sp³-hybridized carbons (Fsp3) is 0.367. The second-order valence-corrected chi connectivity index (χ2v) is 17.3. The van der Waals surface area contributed by atoms with Crippen LogP contribution < -0.4 is 16.2 Å². The highest BCUT2D eigenvalue weighted by Crippen LogP contribution is 2.36. The van der Waals surface area contributed by atoms with Gasteiger partial charge in [0.2, 0.25) is 5.91 Å². The van der Waals surface area contributed by atoms with Gasteiger partial charge in [0, 0.05) is 18.7 Å². The summed E-state index contributed by atoms with van der Waals surface area (Å²) in [5, 5.41) is 8.00. The van der Waals surface area contributed by atoms with Crippen molar-refractivity contribution in [3.8, 4) is 22.4 Å². The molecule has 4 N–H and O–H groups in total. The number of carbonyl (C=O) groups excluding carboxylic acids is 4. The van der Waals surface area contributed by atoms with Crippen LogP contribution in [0.4, 0.5) is 9.59 Å². The van der Waals surface area contributed by atoms with E-state index in [1.165, 1.54) is 7.11 Å². The molecule has 0 spiro atoms. The van der Waals surface area contributed by atoms with Crippen molar-refractivity contribution >= 4 is 45.7 Å². The van der Waals surface area contributed by atoms with E-state index in [4.69, 9.17) is 19.4 Å². The molecule has 4 heterocycles. The van der Waals surface area contributed by atoms with Crippen LogP contribution in [0.5, 0.6) is 0 Å². The molecule has 2 saturated heterocycles. The van der Waals surface area contributed by atoms with Crippen LogP contribution in [0.25, 0.3) is 44.1 Å². The first-order valence-corrected chi connectivity index (χ1v) is 22.2. The molecule has 0 bridgehead atoms. The standard InChI is InChI=1S/C49H52N8O7/c1-28(2)41(53-48(61)63-3)46(59)56-22-8-14-39(56)43-50-27-38(52-43)34-19-18-30-24-31(16-17-32(30)25-34)33-20-21-36-37(26-33)51-44(55-45(36)58)40-15-9-23-57(40)47(60)42(29-10-5-4-6-11-29)54-49(62)64-35-12-7-13-35/h4-6,10-11,16-21,24-28,35,39-42H,7-9,12-15,22-23H2,1-3H3,(H,50,52)(H,53,61)(H,54,62)(H,51,55,58)/t39-,40+,41-,42-/m1/s1. The zero-order valence-corrected chi connectivity index (χ0v) is 36.1. The molecule has 9 rings (SSSR count). The van der Waals surface area contributed by atoms with Crippen molar-refractivity contribution in [2.24, 2.45) is 5.92 Å². The average Bonchev–Trinajstić information content (AvgIpc) is 4.10. The van der Waals surface area contributed by atoms with Gasteiger partial charge >= 0.3 is 12.2 Å². The molecule has 3 aliphatic rings. The molecular weight excluding hydrogens is 813 g/mol. The Kier molecular flexibility index (Phi) is 11.9. The van der Waals surface area contributed by atoms with E-state index >= 15 is 0 Å². The lowest BCUT2D eigenvalue weighted by Crippen LogP contribution is -2.51. The van der Waals surface area contributed by atoms with E-state index in [0.29, 0.717) is 54.0 Å². The monoisotopic (exact) mass is 864 g/mol. The third-order valence-corrected chi connectivity index (χ3v) is 12.9. The summed E-state index contributed by atoms with van der Waals surface area (Å²) in [6.45, 7) is 4.81. The van der Waals surface area contributed by atoms with Crippen molar-refractivity contribution in [2.75, 3.05) is 20.2 Å². The van der Waals surface area contributed by atoms with E-state index in [9.17, 15) is 24.0 Å². The Hall–Kier alpha value is -7.03. The quantitative estimate of drug-likeness (QED) is 0.100. The molecule has 3 fully saturated rings. The summed E-state index contributed by atoms with van der Waals surface area (Å²) in [4.78, 5) is 86.0. The number of hydrogen-bond acceptors (Lipinski definition) is 9. The molecule has 6 aromatic rings. The van der Waals surface area contributed by atoms with Gasteiger partial charge in [-0.05, 0) is 103 Å². The van der Waals surface area contributed by atoms with Gasteiger partial charge in [-0.1, -0.05) is 74.5 Å². The number of alkyl carbamates (subject to hydrolysis) is 2. The van der Waals surface area contributed by atoms with Crippen LogP contribution in [0.3, 0.4) is 0 Å². The summed E-state index contributed by atoms with van der Waals surface area (Å²) in [6.07, 6.45) is 5.95. The van der Waals surface area contributed by atoms with E-state index in [0.717, 1.165) is 65.3 Å². The molecule has 64 heavy (non-hydrogen) atoms. The van der Waals surface area contributed by atoms with Crippen molar-refractivity contribution in [1.29, 1.82) is 0 Å². The molecule has 1 aliphatic carbocycles. The van der Waals surface area contributed by atoms with E-state index in [2.05, 4.69) is 44.9 Å². The lowest BCUT2D eigenvalue weighted by atomic mass is 9.96. The number of imidazole rings is 1. The van der Waals surface area contributed by atoms with Gasteiger partial charge in [0.15, 0.2) is 0 Å². The highest BCUT2D eigenvalue weighted by atomic mass is 16.6. The minimum Gasteiger partial charge on any atom is -0.453 e. The summed E-state index contributed by atoms with van der Waals surface area (Å²) < 4.78 is 10.3. The normalized spacial score (nSPS) is 18.5. The Bertz CT molecular complexity index is 2780. The zero-order valence-electron chi connectivity index (χ0n) is 36.1. The Morgan fingerprint density at radius 2 is 1.38 bits per heavy atom. The molecule has 0 radical (unpaired) electrons. The number of carbonyl (C=O) groups is 4. The minimum absolute atomic E-state index is 0.126. The van der Waals surface area contributed by atoms with Crippen molar-refractivity contribution in [3.05, 3.63) is 119 Å². The predicted octanol–water partition coefficient (Wildman–Crippen LogP) is 7.86. The molecule has 2 aliphatic heterocycles. The first-order chi connectivity index (χ1) is 31.0. The topological polar surface area (TPSA) is 192 Å². The number of methoxy groups -OCH3 is 1.